The molecular formula is C21H15N5O5. The summed E-state index contributed by atoms with van der Waals surface area (Å²) in [4.78, 5) is 48.5. The number of carbonyl (C=O) groups is 3. The number of aromatic amines is 1. The first-order chi connectivity index (χ1) is 15.0. The molecule has 4 aromatic rings. The minimum absolute atomic E-state index is 0.0357. The van der Waals surface area contributed by atoms with Gasteiger partial charge in [-0.25, -0.2) is 5.10 Å². The van der Waals surface area contributed by atoms with Crippen molar-refractivity contribution in [1.82, 2.24) is 21.0 Å². The first kappa shape index (κ1) is 19.6. The number of hydrazine groups is 1. The third kappa shape index (κ3) is 4.17. The molecule has 0 saturated carbocycles. The lowest BCUT2D eigenvalue weighted by atomic mass is 10.1. The summed E-state index contributed by atoms with van der Waals surface area (Å²) in [5.41, 5.74) is 4.81. The first-order valence-corrected chi connectivity index (χ1v) is 9.06. The molecule has 10 nitrogen and oxygen atoms in total. The monoisotopic (exact) mass is 417 g/mol. The van der Waals surface area contributed by atoms with Gasteiger partial charge < -0.3 is 9.73 Å². The Hall–Kier alpha value is -4.73. The molecule has 4 N–H and O–H groups in total. The van der Waals surface area contributed by atoms with Crippen LogP contribution in [0.2, 0.25) is 0 Å². The molecule has 0 aliphatic heterocycles. The van der Waals surface area contributed by atoms with E-state index >= 15 is 0 Å². The Morgan fingerprint density at radius 1 is 0.806 bits per heavy atom. The summed E-state index contributed by atoms with van der Waals surface area (Å²) >= 11 is 0. The fraction of sp³-hybridized carbons (Fsp3) is 0. The van der Waals surface area contributed by atoms with Gasteiger partial charge in [0.15, 0.2) is 11.5 Å². The van der Waals surface area contributed by atoms with Gasteiger partial charge in [0.2, 0.25) is 0 Å². The van der Waals surface area contributed by atoms with E-state index in [2.05, 4.69) is 26.4 Å². The van der Waals surface area contributed by atoms with Crippen LogP contribution in [0.3, 0.4) is 0 Å². The third-order valence-electron chi connectivity index (χ3n) is 4.35. The Bertz CT molecular complexity index is 1330. The van der Waals surface area contributed by atoms with E-state index in [1.165, 1.54) is 36.6 Å². The number of hydrogen-bond donors (Lipinski definition) is 4. The third-order valence-corrected chi connectivity index (χ3v) is 4.35. The normalized spacial score (nSPS) is 10.5. The summed E-state index contributed by atoms with van der Waals surface area (Å²) < 4.78 is 5.01. The molecule has 0 saturated heterocycles. The van der Waals surface area contributed by atoms with E-state index in [1.54, 1.807) is 30.3 Å². The van der Waals surface area contributed by atoms with Gasteiger partial charge >= 0.3 is 0 Å². The lowest BCUT2D eigenvalue weighted by molar-refractivity contribution is 0.0844. The highest BCUT2D eigenvalue weighted by Crippen LogP contribution is 2.13. The van der Waals surface area contributed by atoms with E-state index in [4.69, 9.17) is 4.42 Å². The molecule has 2 aromatic carbocycles. The van der Waals surface area contributed by atoms with Crippen LogP contribution in [0.4, 0.5) is 5.69 Å². The molecule has 0 aliphatic rings. The van der Waals surface area contributed by atoms with Gasteiger partial charge in [-0.15, -0.1) is 0 Å². The predicted molar refractivity (Wildman–Crippen MR) is 110 cm³/mol. The number of benzene rings is 2. The van der Waals surface area contributed by atoms with Crippen molar-refractivity contribution < 1.29 is 18.8 Å². The molecule has 4 rings (SSSR count). The molecule has 3 amide bonds. The summed E-state index contributed by atoms with van der Waals surface area (Å²) in [6.45, 7) is 0. The quantitative estimate of drug-likeness (QED) is 0.373. The molecule has 2 aromatic heterocycles. The Balaban J connectivity index is 1.40. The lowest BCUT2D eigenvalue weighted by Gasteiger charge is -2.09. The van der Waals surface area contributed by atoms with Gasteiger partial charge in [0.05, 0.1) is 11.6 Å². The van der Waals surface area contributed by atoms with Gasteiger partial charge in [-0.3, -0.25) is 30.0 Å². The number of nitrogens with zero attached hydrogens (tertiary/aromatic N) is 1. The predicted octanol–water partition coefficient (Wildman–Crippen LogP) is 1.84. The minimum atomic E-state index is -0.692. The number of amides is 3. The zero-order valence-electron chi connectivity index (χ0n) is 15.8. The van der Waals surface area contributed by atoms with Gasteiger partial charge in [0, 0.05) is 16.6 Å². The summed E-state index contributed by atoms with van der Waals surface area (Å²) in [6.07, 6.45) is 1.39. The zero-order chi connectivity index (χ0) is 21.8. The molecular weight excluding hydrogens is 402 g/mol. The maximum absolute atomic E-state index is 12.4. The molecule has 0 spiro atoms. The Morgan fingerprint density at radius 2 is 1.52 bits per heavy atom. The average Bonchev–Trinajstić information content (AvgIpc) is 3.33. The van der Waals surface area contributed by atoms with Crippen molar-refractivity contribution in [2.45, 2.75) is 0 Å². The molecule has 0 bridgehead atoms. The van der Waals surface area contributed by atoms with Crippen molar-refractivity contribution in [3.63, 3.8) is 0 Å². The van der Waals surface area contributed by atoms with Gasteiger partial charge in [-0.2, -0.15) is 5.10 Å². The number of hydrogen-bond acceptors (Lipinski definition) is 6. The van der Waals surface area contributed by atoms with Crippen LogP contribution in [0.5, 0.6) is 0 Å². The molecule has 0 unspecified atom stereocenters. The maximum atomic E-state index is 12.4. The number of fused-ring (bicyclic) bond motifs is 1. The maximum Gasteiger partial charge on any atom is 0.291 e. The van der Waals surface area contributed by atoms with E-state index in [1.807, 2.05) is 0 Å². The van der Waals surface area contributed by atoms with Crippen LogP contribution >= 0.6 is 0 Å². The number of nitrogens with one attached hydrogen (secondary N) is 4. The summed E-state index contributed by atoms with van der Waals surface area (Å²) in [6, 6.07) is 15.7. The lowest BCUT2D eigenvalue weighted by Crippen LogP contribution is -2.42. The van der Waals surface area contributed by atoms with Crippen LogP contribution in [0.1, 0.15) is 31.4 Å². The van der Waals surface area contributed by atoms with Crippen molar-refractivity contribution in [3.8, 4) is 0 Å². The van der Waals surface area contributed by atoms with Gasteiger partial charge in [-0.05, 0) is 42.5 Å². The highest BCUT2D eigenvalue weighted by atomic mass is 16.3. The largest absolute Gasteiger partial charge is 0.459 e. The molecule has 0 radical (unpaired) electrons. The number of H-pyrrole nitrogens is 1. The van der Waals surface area contributed by atoms with Crippen molar-refractivity contribution in [2.24, 2.45) is 0 Å². The average molecular weight is 417 g/mol. The van der Waals surface area contributed by atoms with Crippen LogP contribution in [0.15, 0.2) is 76.1 Å². The van der Waals surface area contributed by atoms with Crippen molar-refractivity contribution in [3.05, 3.63) is 94.3 Å². The highest BCUT2D eigenvalue weighted by molar-refractivity contribution is 6.06. The molecule has 0 fully saturated rings. The molecule has 154 valence electrons. The second-order valence-electron chi connectivity index (χ2n) is 6.36. The molecule has 2 heterocycles. The van der Waals surface area contributed by atoms with Crippen LogP contribution < -0.4 is 21.7 Å². The molecule has 31 heavy (non-hydrogen) atoms. The number of furan rings is 1. The van der Waals surface area contributed by atoms with Crippen LogP contribution in [0.25, 0.3) is 10.8 Å². The minimum Gasteiger partial charge on any atom is -0.459 e. The van der Waals surface area contributed by atoms with Crippen LogP contribution in [0, 0.1) is 0 Å². The van der Waals surface area contributed by atoms with Gasteiger partial charge in [0.1, 0.15) is 0 Å². The Morgan fingerprint density at radius 3 is 2.23 bits per heavy atom. The summed E-state index contributed by atoms with van der Waals surface area (Å²) in [5.74, 6) is -1.53. The number of aromatic nitrogens is 2. The van der Waals surface area contributed by atoms with Crippen molar-refractivity contribution in [2.75, 3.05) is 5.32 Å². The smallest absolute Gasteiger partial charge is 0.291 e. The summed E-state index contributed by atoms with van der Waals surface area (Å²) in [7, 11) is 0. The van der Waals surface area contributed by atoms with E-state index in [9.17, 15) is 19.2 Å². The van der Waals surface area contributed by atoms with Crippen LogP contribution in [-0.2, 0) is 0 Å². The SMILES string of the molecule is O=C(NNC(=O)c1n[nH]c(=O)c2ccccc12)c1ccc(NC(=O)c2ccco2)cc1. The van der Waals surface area contributed by atoms with E-state index in [0.717, 1.165) is 0 Å². The van der Waals surface area contributed by atoms with Crippen molar-refractivity contribution in [1.29, 1.82) is 0 Å². The van der Waals surface area contributed by atoms with Crippen molar-refractivity contribution >= 4 is 34.2 Å². The Labute approximate surface area is 174 Å². The van der Waals surface area contributed by atoms with E-state index in [-0.39, 0.29) is 17.0 Å². The second-order valence-corrected chi connectivity index (χ2v) is 6.36. The topological polar surface area (TPSA) is 146 Å². The fourth-order valence-corrected chi connectivity index (χ4v) is 2.84. The second kappa shape index (κ2) is 8.33. The van der Waals surface area contributed by atoms with Gasteiger partial charge in [0.25, 0.3) is 23.3 Å². The molecule has 0 atom stereocenters. The molecule has 0 aliphatic carbocycles. The number of rotatable bonds is 4. The zero-order valence-corrected chi connectivity index (χ0v) is 15.8. The fourth-order valence-electron chi connectivity index (χ4n) is 2.84. The standard InChI is InChI=1S/C21H15N5O5/c27-18(12-7-9-13(10-8-12)22-20(29)16-6-3-11-31-16)24-26-21(30)17-14-4-1-2-5-15(14)19(28)25-23-17/h1-11H,(H,22,29)(H,24,27)(H,25,28)(H,26,30). The first-order valence-electron chi connectivity index (χ1n) is 9.06. The summed E-state index contributed by atoms with van der Waals surface area (Å²) in [5, 5.41) is 9.32. The molecule has 10 heteroatoms. The number of carbonyl (C=O) groups excluding carboxylic acids is 3. The van der Waals surface area contributed by atoms with E-state index in [0.29, 0.717) is 16.5 Å². The highest BCUT2D eigenvalue weighted by Gasteiger charge is 2.15. The number of anilines is 1. The van der Waals surface area contributed by atoms with E-state index < -0.39 is 23.3 Å². The van der Waals surface area contributed by atoms with Gasteiger partial charge in [-0.1, -0.05) is 18.2 Å². The van der Waals surface area contributed by atoms with Crippen LogP contribution in [-0.4, -0.2) is 27.9 Å². The Kier molecular flexibility index (Phi) is 5.26.